The number of rotatable bonds is 7. The van der Waals surface area contributed by atoms with E-state index in [0.717, 1.165) is 6.08 Å². The maximum atomic E-state index is 11.0. The van der Waals surface area contributed by atoms with Gasteiger partial charge in [0.25, 0.3) is 17.1 Å². The largest absolute Gasteiger partial charge is 0.462 e. The molecule has 0 bridgehead atoms. The molecule has 0 amide bonds. The summed E-state index contributed by atoms with van der Waals surface area (Å²) in [6.07, 6.45) is 0.517. The lowest BCUT2D eigenvalue weighted by atomic mass is 10.1. The molecule has 0 aromatic heterocycles. The van der Waals surface area contributed by atoms with Crippen molar-refractivity contribution >= 4 is 23.0 Å². The van der Waals surface area contributed by atoms with Gasteiger partial charge in [-0.25, -0.2) is 4.79 Å². The van der Waals surface area contributed by atoms with E-state index in [2.05, 4.69) is 11.3 Å². The molecule has 0 unspecified atom stereocenters. The van der Waals surface area contributed by atoms with Gasteiger partial charge in [-0.2, -0.15) is 0 Å². The Kier molecular flexibility index (Phi) is 5.21. The van der Waals surface area contributed by atoms with Crippen LogP contribution in [-0.4, -0.2) is 27.3 Å². The molecule has 0 aliphatic rings. The number of esters is 1. The second-order valence-corrected chi connectivity index (χ2v) is 3.86. The molecule has 116 valence electrons. The average molecular weight is 311 g/mol. The second-order valence-electron chi connectivity index (χ2n) is 3.86. The first-order valence-corrected chi connectivity index (χ1v) is 5.67. The molecule has 0 aliphatic carbocycles. The molecule has 0 spiro atoms. The standard InChI is InChI=1S/C11H9N3O8/c1-2-11(15)22-4-3-8-9(13(18)19)5-7(12(16)17)6-10(8)14(20)21/h2,5-6H,1,3-4H2. The molecule has 0 saturated heterocycles. The number of carbonyl (C=O) groups is 1. The van der Waals surface area contributed by atoms with Gasteiger partial charge in [-0.15, -0.1) is 0 Å². The van der Waals surface area contributed by atoms with E-state index in [-0.39, 0.29) is 18.6 Å². The van der Waals surface area contributed by atoms with E-state index in [4.69, 9.17) is 0 Å². The van der Waals surface area contributed by atoms with Gasteiger partial charge in [-0.05, 0) is 0 Å². The summed E-state index contributed by atoms with van der Waals surface area (Å²) in [6.45, 7) is 2.77. The molecular formula is C11H9N3O8. The lowest BCUT2D eigenvalue weighted by Crippen LogP contribution is -2.08. The predicted octanol–water partition coefficient (Wildman–Crippen LogP) is 1.68. The molecule has 22 heavy (non-hydrogen) atoms. The van der Waals surface area contributed by atoms with Crippen molar-refractivity contribution in [2.24, 2.45) is 0 Å². The first-order chi connectivity index (χ1) is 10.3. The van der Waals surface area contributed by atoms with Crippen molar-refractivity contribution in [3.63, 3.8) is 0 Å². The summed E-state index contributed by atoms with van der Waals surface area (Å²) < 4.78 is 4.61. The Bertz CT molecular complexity index is 634. The SMILES string of the molecule is C=CC(=O)OCCc1c([N+](=O)[O-])cc([N+](=O)[O-])cc1[N+](=O)[O-]. The van der Waals surface area contributed by atoms with E-state index in [1.54, 1.807) is 0 Å². The fourth-order valence-corrected chi connectivity index (χ4v) is 1.63. The van der Waals surface area contributed by atoms with Crippen molar-refractivity contribution in [3.05, 3.63) is 60.7 Å². The zero-order chi connectivity index (χ0) is 16.9. The average Bonchev–Trinajstić information content (AvgIpc) is 2.45. The minimum atomic E-state index is -0.971. The number of hydrogen-bond acceptors (Lipinski definition) is 8. The molecule has 11 heteroatoms. The number of nitro benzene ring substituents is 3. The first kappa shape index (κ1) is 16.7. The summed E-state index contributed by atoms with van der Waals surface area (Å²) in [7, 11) is 0. The van der Waals surface area contributed by atoms with Crippen LogP contribution >= 0.6 is 0 Å². The quantitative estimate of drug-likeness (QED) is 0.318. The highest BCUT2D eigenvalue weighted by molar-refractivity contribution is 5.81. The highest BCUT2D eigenvalue weighted by Crippen LogP contribution is 2.33. The maximum Gasteiger partial charge on any atom is 0.330 e. The highest BCUT2D eigenvalue weighted by atomic mass is 16.6. The summed E-state index contributed by atoms with van der Waals surface area (Å²) in [5, 5.41) is 32.6. The third kappa shape index (κ3) is 3.82. The number of ether oxygens (including phenoxy) is 1. The fraction of sp³-hybridized carbons (Fsp3) is 0.182. The van der Waals surface area contributed by atoms with Crippen LogP contribution in [0.5, 0.6) is 0 Å². The molecule has 0 atom stereocenters. The smallest absolute Gasteiger partial charge is 0.330 e. The van der Waals surface area contributed by atoms with Gasteiger partial charge < -0.3 is 4.74 Å². The van der Waals surface area contributed by atoms with Gasteiger partial charge in [-0.1, -0.05) is 6.58 Å². The second kappa shape index (κ2) is 6.88. The molecule has 0 fully saturated rings. The van der Waals surface area contributed by atoms with E-state index in [1.165, 1.54) is 0 Å². The van der Waals surface area contributed by atoms with Crippen molar-refractivity contribution in [2.75, 3.05) is 6.61 Å². The molecule has 11 nitrogen and oxygen atoms in total. The number of nitro groups is 3. The van der Waals surface area contributed by atoms with Gasteiger partial charge in [0.15, 0.2) is 0 Å². The number of hydrogen-bond donors (Lipinski definition) is 0. The zero-order valence-electron chi connectivity index (χ0n) is 11.0. The summed E-state index contributed by atoms with van der Waals surface area (Å²) in [6, 6.07) is 1.25. The fourth-order valence-electron chi connectivity index (χ4n) is 1.63. The molecule has 1 rings (SSSR count). The van der Waals surface area contributed by atoms with Gasteiger partial charge >= 0.3 is 5.97 Å². The maximum absolute atomic E-state index is 11.0. The Hall–Kier alpha value is -3.37. The van der Waals surface area contributed by atoms with Crippen LogP contribution in [0, 0.1) is 30.3 Å². The molecule has 0 aliphatic heterocycles. The number of nitrogens with zero attached hydrogens (tertiary/aromatic N) is 3. The molecule has 1 aromatic carbocycles. The lowest BCUT2D eigenvalue weighted by molar-refractivity contribution is -0.404. The summed E-state index contributed by atoms with van der Waals surface area (Å²) >= 11 is 0. The Labute approximate surface area is 122 Å². The molecule has 0 radical (unpaired) electrons. The summed E-state index contributed by atoms with van der Waals surface area (Å²) in [5.41, 5.74) is -2.70. The zero-order valence-corrected chi connectivity index (χ0v) is 11.0. The van der Waals surface area contributed by atoms with Crippen LogP contribution in [0.1, 0.15) is 5.56 Å². The third-order valence-corrected chi connectivity index (χ3v) is 2.55. The molecular weight excluding hydrogens is 302 g/mol. The monoisotopic (exact) mass is 311 g/mol. The van der Waals surface area contributed by atoms with Gasteiger partial charge in [0.2, 0.25) is 0 Å². The van der Waals surface area contributed by atoms with Crippen molar-refractivity contribution in [1.29, 1.82) is 0 Å². The van der Waals surface area contributed by atoms with Crippen molar-refractivity contribution in [2.45, 2.75) is 6.42 Å². The first-order valence-electron chi connectivity index (χ1n) is 5.67. The van der Waals surface area contributed by atoms with Crippen LogP contribution in [0.4, 0.5) is 17.1 Å². The minimum absolute atomic E-state index is 0.343. The van der Waals surface area contributed by atoms with E-state index in [1.807, 2.05) is 0 Å². The van der Waals surface area contributed by atoms with Crippen molar-refractivity contribution < 1.29 is 24.3 Å². The highest BCUT2D eigenvalue weighted by Gasteiger charge is 2.30. The van der Waals surface area contributed by atoms with Crippen LogP contribution in [0.15, 0.2) is 24.8 Å². The number of carbonyl (C=O) groups excluding carboxylic acids is 1. The van der Waals surface area contributed by atoms with Crippen LogP contribution in [0.25, 0.3) is 0 Å². The van der Waals surface area contributed by atoms with Gasteiger partial charge in [0.05, 0.1) is 33.5 Å². The normalized spacial score (nSPS) is 9.82. The molecule has 0 heterocycles. The Morgan fingerprint density at radius 1 is 1.09 bits per heavy atom. The van der Waals surface area contributed by atoms with Crippen LogP contribution in [0.3, 0.4) is 0 Å². The van der Waals surface area contributed by atoms with Crippen molar-refractivity contribution in [1.82, 2.24) is 0 Å². The van der Waals surface area contributed by atoms with E-state index in [9.17, 15) is 35.1 Å². The molecule has 0 N–H and O–H groups in total. The van der Waals surface area contributed by atoms with Crippen LogP contribution < -0.4 is 0 Å². The van der Waals surface area contributed by atoms with Crippen molar-refractivity contribution in [3.8, 4) is 0 Å². The van der Waals surface area contributed by atoms with E-state index in [0.29, 0.717) is 12.1 Å². The lowest BCUT2D eigenvalue weighted by Gasteiger charge is -2.05. The number of benzene rings is 1. The topological polar surface area (TPSA) is 156 Å². The Morgan fingerprint density at radius 2 is 1.59 bits per heavy atom. The summed E-state index contributed by atoms with van der Waals surface area (Å²) in [5.74, 6) is -0.799. The predicted molar refractivity (Wildman–Crippen MR) is 71.3 cm³/mol. The van der Waals surface area contributed by atoms with Gasteiger partial charge in [-0.3, -0.25) is 30.3 Å². The summed E-state index contributed by atoms with van der Waals surface area (Å²) in [4.78, 5) is 40.6. The van der Waals surface area contributed by atoms with E-state index < -0.39 is 37.8 Å². The Morgan fingerprint density at radius 3 is 1.95 bits per heavy atom. The Balaban J connectivity index is 3.29. The van der Waals surface area contributed by atoms with Crippen LogP contribution in [0.2, 0.25) is 0 Å². The number of non-ortho nitro benzene ring substituents is 1. The van der Waals surface area contributed by atoms with Crippen LogP contribution in [-0.2, 0) is 16.0 Å². The minimum Gasteiger partial charge on any atom is -0.462 e. The van der Waals surface area contributed by atoms with Gasteiger partial charge in [0, 0.05) is 12.5 Å². The molecule has 0 saturated carbocycles. The third-order valence-electron chi connectivity index (χ3n) is 2.55. The molecule has 1 aromatic rings. The van der Waals surface area contributed by atoms with E-state index >= 15 is 0 Å². The van der Waals surface area contributed by atoms with Gasteiger partial charge in [0.1, 0.15) is 5.56 Å².